The Morgan fingerprint density at radius 2 is 0.980 bits per heavy atom. The van der Waals surface area contributed by atoms with Crippen LogP contribution in [0.2, 0.25) is 0 Å². The van der Waals surface area contributed by atoms with E-state index >= 15 is 0 Å². The minimum absolute atomic E-state index is 0.110. The van der Waals surface area contributed by atoms with Gasteiger partial charge in [-0.25, -0.2) is 14.4 Å². The summed E-state index contributed by atoms with van der Waals surface area (Å²) in [7, 11) is 0. The lowest BCUT2D eigenvalue weighted by Crippen LogP contribution is -2.18. The fraction of sp³-hybridized carbons (Fsp3) is 0. The molecule has 49 heavy (non-hydrogen) atoms. The van der Waals surface area contributed by atoms with Crippen LogP contribution in [-0.4, -0.2) is 33.5 Å². The van der Waals surface area contributed by atoms with Crippen LogP contribution in [0, 0.1) is 0 Å². The lowest BCUT2D eigenvalue weighted by Gasteiger charge is -2.12. The Bertz CT molecular complexity index is 2890. The van der Waals surface area contributed by atoms with Crippen LogP contribution < -0.4 is 5.56 Å². The third-order valence-electron chi connectivity index (χ3n) is 9.11. The minimum Gasteiger partial charge on any atom is -0.279 e. The van der Waals surface area contributed by atoms with E-state index < -0.39 is 0 Å². The molecule has 0 atom stereocenters. The highest BCUT2D eigenvalue weighted by molar-refractivity contribution is 6.13. The third-order valence-corrected chi connectivity index (χ3v) is 9.11. The second-order valence-corrected chi connectivity index (χ2v) is 12.0. The Labute approximate surface area is 278 Å². The molecular formula is C41H25N7O. The predicted molar refractivity (Wildman–Crippen MR) is 194 cm³/mol. The molecule has 0 spiro atoms. The highest BCUT2D eigenvalue weighted by Crippen LogP contribution is 2.35. The summed E-state index contributed by atoms with van der Waals surface area (Å²) in [5.74, 6) is 2.20. The Balaban J connectivity index is 1.32. The van der Waals surface area contributed by atoms with Crippen LogP contribution in [0.25, 0.3) is 83.9 Å². The van der Waals surface area contributed by atoms with E-state index in [-0.39, 0.29) is 5.56 Å². The summed E-state index contributed by atoms with van der Waals surface area (Å²) >= 11 is 0. The Kier molecular flexibility index (Phi) is 5.86. The van der Waals surface area contributed by atoms with Gasteiger partial charge in [-0.2, -0.15) is 9.97 Å². The molecule has 0 aliphatic carbocycles. The average molecular weight is 632 g/mol. The van der Waals surface area contributed by atoms with Crippen molar-refractivity contribution in [2.45, 2.75) is 0 Å². The molecule has 6 aromatic carbocycles. The number of hydrogen-bond acceptors (Lipinski definition) is 5. The molecule has 10 rings (SSSR count). The fourth-order valence-electron chi connectivity index (χ4n) is 6.90. The van der Waals surface area contributed by atoms with Crippen molar-refractivity contribution in [3.63, 3.8) is 0 Å². The van der Waals surface area contributed by atoms with E-state index in [4.69, 9.17) is 19.9 Å². The van der Waals surface area contributed by atoms with Crippen molar-refractivity contribution in [2.75, 3.05) is 0 Å². The van der Waals surface area contributed by atoms with Gasteiger partial charge >= 0.3 is 0 Å². The highest BCUT2D eigenvalue weighted by atomic mass is 16.1. The number of para-hydroxylation sites is 3. The van der Waals surface area contributed by atoms with Gasteiger partial charge in [0.15, 0.2) is 11.6 Å². The fourth-order valence-corrected chi connectivity index (χ4v) is 6.90. The quantitative estimate of drug-likeness (QED) is 0.195. The largest absolute Gasteiger partial charge is 0.279 e. The van der Waals surface area contributed by atoms with Gasteiger partial charge in [0, 0.05) is 27.6 Å². The Morgan fingerprint density at radius 3 is 1.63 bits per heavy atom. The van der Waals surface area contributed by atoms with Crippen LogP contribution >= 0.6 is 0 Å². The summed E-state index contributed by atoms with van der Waals surface area (Å²) in [5, 5.41) is 2.60. The zero-order chi connectivity index (χ0) is 32.5. The molecule has 10 aromatic rings. The van der Waals surface area contributed by atoms with Crippen LogP contribution in [0.3, 0.4) is 0 Å². The van der Waals surface area contributed by atoms with Crippen molar-refractivity contribution >= 4 is 49.5 Å². The number of imidazole rings is 1. The molecule has 0 N–H and O–H groups in total. The zero-order valence-corrected chi connectivity index (χ0v) is 26.0. The van der Waals surface area contributed by atoms with E-state index in [9.17, 15) is 4.79 Å². The standard InChI is InChI=1S/C41H25N7O/c49-39-30-21-11-13-23-34(30)46(28-18-8-3-9-19-28)41-42-32-25-35-31(24-36(32)48(39)41)29-20-10-12-22-33(29)47(35)40-44-37(26-14-4-1-5-15-26)43-38(45-40)27-16-6-2-7-17-27/h1-25H. The maximum Gasteiger partial charge on any atom is 0.267 e. The van der Waals surface area contributed by atoms with Gasteiger partial charge in [-0.3, -0.25) is 13.9 Å². The van der Waals surface area contributed by atoms with Crippen molar-refractivity contribution in [2.24, 2.45) is 0 Å². The number of aromatic nitrogens is 7. The molecule has 8 heteroatoms. The zero-order valence-electron chi connectivity index (χ0n) is 26.0. The first-order chi connectivity index (χ1) is 24.2. The molecule has 0 saturated carbocycles. The summed E-state index contributed by atoms with van der Waals surface area (Å²) in [5.41, 5.74) is 6.64. The number of hydrogen-bond donors (Lipinski definition) is 0. The van der Waals surface area contributed by atoms with E-state index in [1.807, 2.05) is 133 Å². The summed E-state index contributed by atoms with van der Waals surface area (Å²) in [6.45, 7) is 0. The smallest absolute Gasteiger partial charge is 0.267 e. The first kappa shape index (κ1) is 27.2. The number of fused-ring (bicyclic) bond motifs is 7. The SMILES string of the molecule is O=c1c2ccccc2n(-c2ccccc2)c2nc3cc4c(cc3n12)c1ccccc1n4-c1nc(-c2ccccc2)nc(-c2ccccc2)n1. The Hall–Kier alpha value is -6.93. The summed E-state index contributed by atoms with van der Waals surface area (Å²) in [6.07, 6.45) is 0. The first-order valence-corrected chi connectivity index (χ1v) is 16.0. The molecule has 0 amide bonds. The van der Waals surface area contributed by atoms with Crippen molar-refractivity contribution < 1.29 is 0 Å². The van der Waals surface area contributed by atoms with E-state index in [2.05, 4.69) is 27.3 Å². The molecule has 0 saturated heterocycles. The molecule has 0 radical (unpaired) electrons. The number of benzene rings is 6. The van der Waals surface area contributed by atoms with Gasteiger partial charge in [-0.15, -0.1) is 0 Å². The van der Waals surface area contributed by atoms with Gasteiger partial charge in [0.25, 0.3) is 5.56 Å². The van der Waals surface area contributed by atoms with Crippen LogP contribution in [-0.2, 0) is 0 Å². The highest BCUT2D eigenvalue weighted by Gasteiger charge is 2.22. The molecule has 4 heterocycles. The Morgan fingerprint density at radius 1 is 0.429 bits per heavy atom. The molecule has 0 fully saturated rings. The van der Waals surface area contributed by atoms with E-state index in [0.717, 1.165) is 49.7 Å². The lowest BCUT2D eigenvalue weighted by molar-refractivity contribution is 0.954. The molecule has 0 aliphatic heterocycles. The number of rotatable bonds is 4. The maximum atomic E-state index is 14.2. The van der Waals surface area contributed by atoms with Crippen LogP contribution in [0.4, 0.5) is 0 Å². The summed E-state index contributed by atoms with van der Waals surface area (Å²) < 4.78 is 5.87. The van der Waals surface area contributed by atoms with Crippen molar-refractivity contribution in [3.8, 4) is 34.4 Å². The second-order valence-electron chi connectivity index (χ2n) is 12.0. The lowest BCUT2D eigenvalue weighted by atomic mass is 10.1. The third kappa shape index (κ3) is 4.14. The first-order valence-electron chi connectivity index (χ1n) is 16.0. The molecule has 0 bridgehead atoms. The van der Waals surface area contributed by atoms with Gasteiger partial charge in [0.1, 0.15) is 0 Å². The topological polar surface area (TPSA) is 82.9 Å². The summed E-state index contributed by atoms with van der Waals surface area (Å²) in [6, 6.07) is 50.0. The van der Waals surface area contributed by atoms with Crippen molar-refractivity contribution in [3.05, 3.63) is 162 Å². The van der Waals surface area contributed by atoms with E-state index in [0.29, 0.717) is 34.3 Å². The van der Waals surface area contributed by atoms with E-state index in [1.165, 1.54) is 0 Å². The second kappa shape index (κ2) is 10.5. The molecule has 0 aliphatic rings. The predicted octanol–water partition coefficient (Wildman–Crippen LogP) is 8.41. The van der Waals surface area contributed by atoms with Crippen LogP contribution in [0.5, 0.6) is 0 Å². The van der Waals surface area contributed by atoms with E-state index in [1.54, 1.807) is 4.40 Å². The molecule has 4 aromatic heterocycles. The van der Waals surface area contributed by atoms with Gasteiger partial charge in [0.2, 0.25) is 11.7 Å². The van der Waals surface area contributed by atoms with Crippen LogP contribution in [0.1, 0.15) is 0 Å². The maximum absolute atomic E-state index is 14.2. The normalized spacial score (nSPS) is 11.8. The monoisotopic (exact) mass is 631 g/mol. The van der Waals surface area contributed by atoms with Crippen molar-refractivity contribution in [1.82, 2.24) is 33.5 Å². The van der Waals surface area contributed by atoms with Crippen LogP contribution in [0.15, 0.2) is 156 Å². The average Bonchev–Trinajstić information content (AvgIpc) is 3.70. The molecule has 8 nitrogen and oxygen atoms in total. The molecular weight excluding hydrogens is 606 g/mol. The molecule has 230 valence electrons. The van der Waals surface area contributed by atoms with Gasteiger partial charge < -0.3 is 0 Å². The molecule has 0 unspecified atom stereocenters. The minimum atomic E-state index is -0.110. The number of nitrogens with zero attached hydrogens (tertiary/aromatic N) is 7. The van der Waals surface area contributed by atoms with Gasteiger partial charge in [0.05, 0.1) is 33.0 Å². The van der Waals surface area contributed by atoms with Gasteiger partial charge in [-0.05, 0) is 42.5 Å². The summed E-state index contributed by atoms with van der Waals surface area (Å²) in [4.78, 5) is 34.4. The van der Waals surface area contributed by atoms with Gasteiger partial charge in [-0.1, -0.05) is 109 Å². The van der Waals surface area contributed by atoms with Crippen molar-refractivity contribution in [1.29, 1.82) is 0 Å².